The third-order valence-corrected chi connectivity index (χ3v) is 5.21. The van der Waals surface area contributed by atoms with Crippen LogP contribution in [-0.4, -0.2) is 42.9 Å². The minimum absolute atomic E-state index is 0.0951. The average Bonchev–Trinajstić information content (AvgIpc) is 2.67. The SMILES string of the molecule is CC[C@@](O)(c1ccc(F)cc1)[C@@H](CN1CCOCC1)c1ccccc1. The van der Waals surface area contributed by atoms with Crippen molar-refractivity contribution in [3.63, 3.8) is 0 Å². The van der Waals surface area contributed by atoms with Gasteiger partial charge in [0.05, 0.1) is 18.8 Å². The maximum Gasteiger partial charge on any atom is 0.123 e. The van der Waals surface area contributed by atoms with Crippen molar-refractivity contribution in [2.24, 2.45) is 0 Å². The van der Waals surface area contributed by atoms with Crippen LogP contribution in [0.1, 0.15) is 30.4 Å². The highest BCUT2D eigenvalue weighted by Gasteiger charge is 2.39. The molecule has 1 N–H and O–H groups in total. The van der Waals surface area contributed by atoms with E-state index in [4.69, 9.17) is 4.74 Å². The molecule has 1 saturated heterocycles. The van der Waals surface area contributed by atoms with E-state index in [1.54, 1.807) is 12.1 Å². The maximum atomic E-state index is 13.4. The standard InChI is InChI=1S/C21H26FNO2/c1-2-21(24,18-8-10-19(22)11-9-18)20(17-6-4-3-5-7-17)16-23-12-14-25-15-13-23/h3-11,20,24H,2,12-16H2,1H3/t20-,21+/m0/s1. The van der Waals surface area contributed by atoms with Crippen LogP contribution in [-0.2, 0) is 10.3 Å². The Morgan fingerprint density at radius 1 is 1.08 bits per heavy atom. The molecule has 0 aliphatic carbocycles. The predicted octanol–water partition coefficient (Wildman–Crippen LogP) is 3.54. The summed E-state index contributed by atoms with van der Waals surface area (Å²) in [7, 11) is 0. The van der Waals surface area contributed by atoms with Gasteiger partial charge in [-0.25, -0.2) is 4.39 Å². The highest BCUT2D eigenvalue weighted by atomic mass is 19.1. The van der Waals surface area contributed by atoms with Crippen LogP contribution in [0.15, 0.2) is 54.6 Å². The second kappa shape index (κ2) is 8.09. The molecule has 3 rings (SSSR count). The first-order valence-corrected chi connectivity index (χ1v) is 8.97. The molecule has 2 aromatic carbocycles. The van der Waals surface area contributed by atoms with Gasteiger partial charge in [0.2, 0.25) is 0 Å². The van der Waals surface area contributed by atoms with Gasteiger partial charge in [-0.15, -0.1) is 0 Å². The van der Waals surface area contributed by atoms with Crippen LogP contribution in [0, 0.1) is 5.82 Å². The van der Waals surface area contributed by atoms with Crippen LogP contribution in [0.4, 0.5) is 4.39 Å². The first-order valence-electron chi connectivity index (χ1n) is 8.97. The summed E-state index contributed by atoms with van der Waals surface area (Å²) in [5, 5.41) is 11.6. The van der Waals surface area contributed by atoms with Crippen molar-refractivity contribution in [1.29, 1.82) is 0 Å². The van der Waals surface area contributed by atoms with Gasteiger partial charge in [-0.2, -0.15) is 0 Å². The van der Waals surface area contributed by atoms with Crippen molar-refractivity contribution in [3.8, 4) is 0 Å². The topological polar surface area (TPSA) is 32.7 Å². The molecule has 0 saturated carbocycles. The third-order valence-electron chi connectivity index (χ3n) is 5.21. The van der Waals surface area contributed by atoms with Crippen molar-refractivity contribution in [3.05, 3.63) is 71.5 Å². The lowest BCUT2D eigenvalue weighted by molar-refractivity contribution is -0.0250. The number of hydrogen-bond acceptors (Lipinski definition) is 3. The molecule has 2 atom stereocenters. The normalized spacial score (nSPS) is 19.3. The van der Waals surface area contributed by atoms with Crippen molar-refractivity contribution in [2.75, 3.05) is 32.8 Å². The lowest BCUT2D eigenvalue weighted by Gasteiger charge is -2.40. The van der Waals surface area contributed by atoms with Crippen molar-refractivity contribution in [2.45, 2.75) is 24.9 Å². The van der Waals surface area contributed by atoms with Gasteiger partial charge in [-0.05, 0) is 29.7 Å². The second-order valence-corrected chi connectivity index (χ2v) is 6.66. The van der Waals surface area contributed by atoms with Crippen molar-refractivity contribution >= 4 is 0 Å². The fourth-order valence-electron chi connectivity index (χ4n) is 3.65. The zero-order chi connectivity index (χ0) is 17.7. The summed E-state index contributed by atoms with van der Waals surface area (Å²) in [6, 6.07) is 16.4. The number of benzene rings is 2. The molecule has 4 heteroatoms. The first kappa shape index (κ1) is 18.1. The van der Waals surface area contributed by atoms with Gasteiger partial charge in [0, 0.05) is 25.6 Å². The molecule has 0 aromatic heterocycles. The van der Waals surface area contributed by atoms with E-state index in [1.807, 2.05) is 25.1 Å². The molecule has 2 aromatic rings. The molecule has 0 spiro atoms. The van der Waals surface area contributed by atoms with E-state index in [9.17, 15) is 9.50 Å². The Morgan fingerprint density at radius 3 is 2.32 bits per heavy atom. The molecule has 134 valence electrons. The first-order chi connectivity index (χ1) is 12.1. The summed E-state index contributed by atoms with van der Waals surface area (Å²) < 4.78 is 18.8. The minimum Gasteiger partial charge on any atom is -0.384 e. The number of morpholine rings is 1. The predicted molar refractivity (Wildman–Crippen MR) is 97.0 cm³/mol. The molecule has 0 amide bonds. The van der Waals surface area contributed by atoms with E-state index in [0.29, 0.717) is 6.42 Å². The lowest BCUT2D eigenvalue weighted by atomic mass is 9.75. The van der Waals surface area contributed by atoms with E-state index in [1.165, 1.54) is 12.1 Å². The number of ether oxygens (including phenoxy) is 1. The largest absolute Gasteiger partial charge is 0.384 e. The molecule has 25 heavy (non-hydrogen) atoms. The van der Waals surface area contributed by atoms with Gasteiger partial charge in [0.15, 0.2) is 0 Å². The molecule has 0 bridgehead atoms. The van der Waals surface area contributed by atoms with Gasteiger partial charge >= 0.3 is 0 Å². The fraction of sp³-hybridized carbons (Fsp3) is 0.429. The van der Waals surface area contributed by atoms with E-state index in [-0.39, 0.29) is 11.7 Å². The van der Waals surface area contributed by atoms with E-state index < -0.39 is 5.60 Å². The van der Waals surface area contributed by atoms with Crippen molar-refractivity contribution in [1.82, 2.24) is 4.90 Å². The van der Waals surface area contributed by atoms with Crippen LogP contribution in [0.3, 0.4) is 0 Å². The Bertz CT molecular complexity index is 655. The molecular weight excluding hydrogens is 317 g/mol. The molecule has 1 fully saturated rings. The quantitative estimate of drug-likeness (QED) is 0.871. The van der Waals surface area contributed by atoms with Crippen LogP contribution in [0.5, 0.6) is 0 Å². The second-order valence-electron chi connectivity index (χ2n) is 6.66. The fourth-order valence-corrected chi connectivity index (χ4v) is 3.65. The maximum absolute atomic E-state index is 13.4. The average molecular weight is 343 g/mol. The van der Waals surface area contributed by atoms with E-state index in [2.05, 4.69) is 17.0 Å². The summed E-state index contributed by atoms with van der Waals surface area (Å²) in [5.41, 5.74) is 0.814. The highest BCUT2D eigenvalue weighted by Crippen LogP contribution is 2.40. The molecule has 0 unspecified atom stereocenters. The van der Waals surface area contributed by atoms with Gasteiger partial charge < -0.3 is 9.84 Å². The summed E-state index contributed by atoms with van der Waals surface area (Å²) in [6.45, 7) is 5.91. The Labute approximate surface area is 149 Å². The third kappa shape index (κ3) is 4.09. The smallest absolute Gasteiger partial charge is 0.123 e. The molecule has 1 heterocycles. The van der Waals surface area contributed by atoms with Crippen LogP contribution < -0.4 is 0 Å². The van der Waals surface area contributed by atoms with Gasteiger partial charge in [-0.3, -0.25) is 4.90 Å². The Hall–Kier alpha value is -1.75. The Kier molecular flexibility index (Phi) is 5.84. The van der Waals surface area contributed by atoms with Crippen LogP contribution >= 0.6 is 0 Å². The number of hydrogen-bond donors (Lipinski definition) is 1. The molecule has 0 radical (unpaired) electrons. The number of aliphatic hydroxyl groups is 1. The van der Waals surface area contributed by atoms with Crippen LogP contribution in [0.25, 0.3) is 0 Å². The number of halogens is 1. The molecule has 1 aliphatic heterocycles. The van der Waals surface area contributed by atoms with E-state index in [0.717, 1.165) is 44.0 Å². The number of rotatable bonds is 6. The monoisotopic (exact) mass is 343 g/mol. The van der Waals surface area contributed by atoms with Gasteiger partial charge in [-0.1, -0.05) is 49.4 Å². The molecule has 1 aliphatic rings. The Balaban J connectivity index is 1.96. The number of nitrogens with zero attached hydrogens (tertiary/aromatic N) is 1. The molecular formula is C21H26FNO2. The summed E-state index contributed by atoms with van der Waals surface area (Å²) in [4.78, 5) is 2.34. The zero-order valence-electron chi connectivity index (χ0n) is 14.7. The van der Waals surface area contributed by atoms with Gasteiger partial charge in [0.25, 0.3) is 0 Å². The van der Waals surface area contributed by atoms with Crippen LogP contribution in [0.2, 0.25) is 0 Å². The Morgan fingerprint density at radius 2 is 1.72 bits per heavy atom. The highest BCUT2D eigenvalue weighted by molar-refractivity contribution is 5.32. The zero-order valence-corrected chi connectivity index (χ0v) is 14.7. The summed E-state index contributed by atoms with van der Waals surface area (Å²) >= 11 is 0. The summed E-state index contributed by atoms with van der Waals surface area (Å²) in [5.74, 6) is -0.381. The van der Waals surface area contributed by atoms with Crippen molar-refractivity contribution < 1.29 is 14.2 Å². The molecule has 3 nitrogen and oxygen atoms in total. The minimum atomic E-state index is -1.05. The summed E-state index contributed by atoms with van der Waals surface area (Å²) in [6.07, 6.45) is 0.558. The van der Waals surface area contributed by atoms with Gasteiger partial charge in [0.1, 0.15) is 5.82 Å². The van der Waals surface area contributed by atoms with E-state index >= 15 is 0 Å². The lowest BCUT2D eigenvalue weighted by Crippen LogP contribution is -2.44.